The van der Waals surface area contributed by atoms with Crippen LogP contribution in [0.4, 0.5) is 5.69 Å². The average molecular weight is 298 g/mol. The number of nitrogens with two attached hydrogens (primary N) is 1. The van der Waals surface area contributed by atoms with Gasteiger partial charge in [-0.3, -0.25) is 4.79 Å². The van der Waals surface area contributed by atoms with Gasteiger partial charge in [-0.05, 0) is 40.9 Å². The van der Waals surface area contributed by atoms with E-state index in [2.05, 4.69) is 26.2 Å². The van der Waals surface area contributed by atoms with E-state index in [0.717, 1.165) is 25.7 Å². The molecule has 0 unspecified atom stereocenters. The highest BCUT2D eigenvalue weighted by Crippen LogP contribution is 2.38. The first-order valence-electron chi connectivity index (χ1n) is 5.80. The lowest BCUT2D eigenvalue weighted by Crippen LogP contribution is -2.40. The number of hydrogen-bond acceptors (Lipinski definition) is 3. The summed E-state index contributed by atoms with van der Waals surface area (Å²) in [6.45, 7) is 0.413. The van der Waals surface area contributed by atoms with Gasteiger partial charge in [-0.2, -0.15) is 0 Å². The van der Waals surface area contributed by atoms with Crippen LogP contribution in [0.5, 0.6) is 0 Å². The van der Waals surface area contributed by atoms with E-state index in [1.54, 1.807) is 12.3 Å². The molecule has 2 rings (SSSR count). The Labute approximate surface area is 109 Å². The van der Waals surface area contributed by atoms with Crippen LogP contribution in [0.3, 0.4) is 0 Å². The Kier molecular flexibility index (Phi) is 3.79. The standard InChI is InChI=1S/C12H16BrN3O/c13-10-9(4-3-7-15-10)16-11(17)12(8-14)5-1-2-6-12/h3-4,7H,1-2,5-6,8,14H2,(H,16,17). The molecule has 17 heavy (non-hydrogen) atoms. The number of rotatable bonds is 3. The van der Waals surface area contributed by atoms with Gasteiger partial charge in [0.1, 0.15) is 4.60 Å². The van der Waals surface area contributed by atoms with Crippen molar-refractivity contribution in [1.82, 2.24) is 4.98 Å². The molecule has 0 aromatic carbocycles. The highest BCUT2D eigenvalue weighted by atomic mass is 79.9. The lowest BCUT2D eigenvalue weighted by atomic mass is 9.85. The van der Waals surface area contributed by atoms with Gasteiger partial charge < -0.3 is 11.1 Å². The summed E-state index contributed by atoms with van der Waals surface area (Å²) in [5.74, 6) is 0.0196. The fourth-order valence-electron chi connectivity index (χ4n) is 2.31. The number of carbonyl (C=O) groups is 1. The fraction of sp³-hybridized carbons (Fsp3) is 0.500. The highest BCUT2D eigenvalue weighted by Gasteiger charge is 2.39. The molecule has 1 amide bonds. The predicted octanol–water partition coefficient (Wildman–Crippen LogP) is 2.30. The van der Waals surface area contributed by atoms with Crippen LogP contribution in [0, 0.1) is 5.41 Å². The van der Waals surface area contributed by atoms with Gasteiger partial charge in [-0.1, -0.05) is 12.8 Å². The molecule has 0 aliphatic heterocycles. The lowest BCUT2D eigenvalue weighted by Gasteiger charge is -2.25. The molecule has 1 aromatic rings. The van der Waals surface area contributed by atoms with E-state index in [1.165, 1.54) is 0 Å². The van der Waals surface area contributed by atoms with Crippen molar-refractivity contribution >= 4 is 27.5 Å². The van der Waals surface area contributed by atoms with Crippen LogP contribution in [0.25, 0.3) is 0 Å². The van der Waals surface area contributed by atoms with Gasteiger partial charge in [0, 0.05) is 12.7 Å². The van der Waals surface area contributed by atoms with Crippen molar-refractivity contribution in [2.24, 2.45) is 11.1 Å². The Hall–Kier alpha value is -0.940. The van der Waals surface area contributed by atoms with Gasteiger partial charge in [-0.15, -0.1) is 0 Å². The second-order valence-electron chi connectivity index (χ2n) is 4.49. The number of carbonyl (C=O) groups excluding carboxylic acids is 1. The van der Waals surface area contributed by atoms with Gasteiger partial charge in [0.25, 0.3) is 0 Å². The first-order chi connectivity index (χ1) is 8.18. The molecule has 1 aliphatic rings. The number of nitrogens with one attached hydrogen (secondary N) is 1. The van der Waals surface area contributed by atoms with Crippen LogP contribution in [0.1, 0.15) is 25.7 Å². The molecule has 5 heteroatoms. The quantitative estimate of drug-likeness (QED) is 0.841. The van der Waals surface area contributed by atoms with Crippen molar-refractivity contribution in [3.05, 3.63) is 22.9 Å². The third-order valence-corrected chi connectivity index (χ3v) is 4.07. The minimum atomic E-state index is -0.380. The number of hydrogen-bond donors (Lipinski definition) is 2. The number of pyridine rings is 1. The van der Waals surface area contributed by atoms with Gasteiger partial charge in [0.05, 0.1) is 11.1 Å². The molecule has 1 aliphatic carbocycles. The third-order valence-electron chi connectivity index (χ3n) is 3.44. The third kappa shape index (κ3) is 2.50. The molecule has 92 valence electrons. The van der Waals surface area contributed by atoms with Crippen molar-refractivity contribution in [3.8, 4) is 0 Å². The smallest absolute Gasteiger partial charge is 0.231 e. The first kappa shape index (κ1) is 12.5. The molecule has 0 saturated heterocycles. The van der Waals surface area contributed by atoms with Crippen LogP contribution in [-0.4, -0.2) is 17.4 Å². The summed E-state index contributed by atoms with van der Waals surface area (Å²) in [5.41, 5.74) is 6.10. The second-order valence-corrected chi connectivity index (χ2v) is 5.24. The van der Waals surface area contributed by atoms with Crippen molar-refractivity contribution in [3.63, 3.8) is 0 Å². The number of anilines is 1. The minimum Gasteiger partial charge on any atom is -0.329 e. The maximum atomic E-state index is 12.3. The van der Waals surface area contributed by atoms with Crippen molar-refractivity contribution in [2.75, 3.05) is 11.9 Å². The van der Waals surface area contributed by atoms with E-state index in [9.17, 15) is 4.79 Å². The maximum Gasteiger partial charge on any atom is 0.231 e. The number of aromatic nitrogens is 1. The Morgan fingerprint density at radius 2 is 2.24 bits per heavy atom. The summed E-state index contributed by atoms with van der Waals surface area (Å²) < 4.78 is 0.651. The molecule has 1 fully saturated rings. The van der Waals surface area contributed by atoms with Gasteiger partial charge in [0.2, 0.25) is 5.91 Å². The summed E-state index contributed by atoms with van der Waals surface area (Å²) in [7, 11) is 0. The van der Waals surface area contributed by atoms with Crippen LogP contribution in [0.15, 0.2) is 22.9 Å². The van der Waals surface area contributed by atoms with E-state index >= 15 is 0 Å². The van der Waals surface area contributed by atoms with E-state index in [-0.39, 0.29) is 11.3 Å². The molecule has 0 bridgehead atoms. The average Bonchev–Trinajstić information content (AvgIpc) is 2.82. The zero-order valence-electron chi connectivity index (χ0n) is 9.58. The van der Waals surface area contributed by atoms with Crippen LogP contribution >= 0.6 is 15.9 Å². The highest BCUT2D eigenvalue weighted by molar-refractivity contribution is 9.10. The summed E-state index contributed by atoms with van der Waals surface area (Å²) in [6.07, 6.45) is 5.60. The summed E-state index contributed by atoms with van der Waals surface area (Å²) in [6, 6.07) is 3.62. The van der Waals surface area contributed by atoms with Crippen molar-refractivity contribution in [2.45, 2.75) is 25.7 Å². The Balaban J connectivity index is 2.14. The van der Waals surface area contributed by atoms with Gasteiger partial charge >= 0.3 is 0 Å². The lowest BCUT2D eigenvalue weighted by molar-refractivity contribution is -0.124. The number of amides is 1. The van der Waals surface area contributed by atoms with Crippen LogP contribution in [0.2, 0.25) is 0 Å². The Bertz CT molecular complexity index is 416. The molecular formula is C12H16BrN3O. The normalized spacial score (nSPS) is 18.0. The fourth-order valence-corrected chi connectivity index (χ4v) is 2.66. The second kappa shape index (κ2) is 5.14. The monoisotopic (exact) mass is 297 g/mol. The topological polar surface area (TPSA) is 68.0 Å². The van der Waals surface area contributed by atoms with E-state index < -0.39 is 0 Å². The summed E-state index contributed by atoms with van der Waals surface area (Å²) in [4.78, 5) is 16.4. The Morgan fingerprint density at radius 3 is 2.82 bits per heavy atom. The predicted molar refractivity (Wildman–Crippen MR) is 70.5 cm³/mol. The Morgan fingerprint density at radius 1 is 1.53 bits per heavy atom. The molecule has 1 heterocycles. The maximum absolute atomic E-state index is 12.3. The molecule has 0 radical (unpaired) electrons. The molecule has 4 nitrogen and oxygen atoms in total. The van der Waals surface area contributed by atoms with E-state index in [0.29, 0.717) is 16.8 Å². The van der Waals surface area contributed by atoms with Crippen molar-refractivity contribution < 1.29 is 4.79 Å². The number of nitrogens with zero attached hydrogens (tertiary/aromatic N) is 1. The molecule has 3 N–H and O–H groups in total. The zero-order valence-corrected chi connectivity index (χ0v) is 11.2. The summed E-state index contributed by atoms with van der Waals surface area (Å²) >= 11 is 3.32. The molecule has 0 atom stereocenters. The SMILES string of the molecule is NCC1(C(=O)Nc2cccnc2Br)CCCC1. The zero-order chi connectivity index (χ0) is 12.3. The largest absolute Gasteiger partial charge is 0.329 e. The molecule has 1 saturated carbocycles. The summed E-state index contributed by atoms with van der Waals surface area (Å²) in [5, 5.41) is 2.92. The van der Waals surface area contributed by atoms with E-state index in [1.807, 2.05) is 6.07 Å². The molecule has 0 spiro atoms. The minimum absolute atomic E-state index is 0.0196. The molecular weight excluding hydrogens is 282 g/mol. The number of halogens is 1. The van der Waals surface area contributed by atoms with Crippen molar-refractivity contribution in [1.29, 1.82) is 0 Å². The van der Waals surface area contributed by atoms with Crippen LogP contribution in [-0.2, 0) is 4.79 Å². The van der Waals surface area contributed by atoms with Crippen LogP contribution < -0.4 is 11.1 Å². The van der Waals surface area contributed by atoms with Gasteiger partial charge in [0.15, 0.2) is 0 Å². The van der Waals surface area contributed by atoms with E-state index in [4.69, 9.17) is 5.73 Å². The first-order valence-corrected chi connectivity index (χ1v) is 6.59. The molecule has 1 aromatic heterocycles. The van der Waals surface area contributed by atoms with Gasteiger partial charge in [-0.25, -0.2) is 4.98 Å².